The normalized spacial score (nSPS) is 16.6. The van der Waals surface area contributed by atoms with E-state index in [9.17, 15) is 4.79 Å². The Morgan fingerprint density at radius 1 is 1.25 bits per heavy atom. The number of aromatic amines is 1. The van der Waals surface area contributed by atoms with Crippen LogP contribution in [-0.4, -0.2) is 41.2 Å². The van der Waals surface area contributed by atoms with Gasteiger partial charge in [0, 0.05) is 30.8 Å². The number of hydrogen-bond donors (Lipinski definition) is 2. The Kier molecular flexibility index (Phi) is 7.22. The number of ether oxygens (including phenoxy) is 1. The van der Waals surface area contributed by atoms with E-state index in [1.807, 2.05) is 37.4 Å². The number of H-pyrrole nitrogens is 1. The number of aromatic nitrogens is 2. The zero-order valence-electron chi connectivity index (χ0n) is 18.9. The highest BCUT2D eigenvalue weighted by atomic mass is 16.5. The second-order valence-electron chi connectivity index (χ2n) is 8.65. The van der Waals surface area contributed by atoms with Crippen LogP contribution in [-0.2, 0) is 11.3 Å². The lowest BCUT2D eigenvalue weighted by Crippen LogP contribution is -2.35. The fraction of sp³-hybridized carbons (Fsp3) is 0.385. The van der Waals surface area contributed by atoms with E-state index in [2.05, 4.69) is 44.7 Å². The first-order chi connectivity index (χ1) is 15.6. The average molecular weight is 433 g/mol. The summed E-state index contributed by atoms with van der Waals surface area (Å²) in [5.74, 6) is 1.42. The van der Waals surface area contributed by atoms with E-state index < -0.39 is 0 Å². The predicted octanol–water partition coefficient (Wildman–Crippen LogP) is 5.02. The molecule has 2 N–H and O–H groups in total. The van der Waals surface area contributed by atoms with Crippen LogP contribution in [0.3, 0.4) is 0 Å². The molecule has 0 spiro atoms. The van der Waals surface area contributed by atoms with Crippen LogP contribution in [0.25, 0.3) is 11.3 Å². The molecule has 2 heterocycles. The van der Waals surface area contributed by atoms with Gasteiger partial charge in [-0.05, 0) is 68.0 Å². The number of anilines is 1. The summed E-state index contributed by atoms with van der Waals surface area (Å²) in [7, 11) is 1.65. The van der Waals surface area contributed by atoms with Gasteiger partial charge in [0.2, 0.25) is 5.91 Å². The van der Waals surface area contributed by atoms with Crippen molar-refractivity contribution in [1.82, 2.24) is 15.1 Å². The van der Waals surface area contributed by atoms with Gasteiger partial charge in [0.25, 0.3) is 0 Å². The van der Waals surface area contributed by atoms with Crippen molar-refractivity contribution in [2.45, 2.75) is 39.2 Å². The number of piperidine rings is 1. The minimum atomic E-state index is 0.0802. The third kappa shape index (κ3) is 5.56. The highest BCUT2D eigenvalue weighted by Crippen LogP contribution is 2.27. The number of rotatable bonds is 8. The molecule has 0 aliphatic carbocycles. The minimum absolute atomic E-state index is 0.0802. The summed E-state index contributed by atoms with van der Waals surface area (Å²) in [4.78, 5) is 15.0. The molecule has 0 saturated carbocycles. The lowest BCUT2D eigenvalue weighted by Gasteiger charge is -2.32. The van der Waals surface area contributed by atoms with Gasteiger partial charge in [-0.3, -0.25) is 14.8 Å². The monoisotopic (exact) mass is 432 g/mol. The predicted molar refractivity (Wildman–Crippen MR) is 128 cm³/mol. The summed E-state index contributed by atoms with van der Waals surface area (Å²) in [6.07, 6.45) is 5.75. The molecule has 1 atom stereocenters. The molecule has 32 heavy (non-hydrogen) atoms. The zero-order valence-corrected chi connectivity index (χ0v) is 18.9. The molecule has 168 valence electrons. The number of carbonyl (C=O) groups excluding carboxylic acids is 1. The Hall–Kier alpha value is -3.12. The second-order valence-corrected chi connectivity index (χ2v) is 8.65. The molecule has 4 rings (SSSR count). The number of nitrogens with zero attached hydrogens (tertiary/aromatic N) is 2. The number of aryl methyl sites for hydroxylation is 1. The number of nitrogens with one attached hydrogen (secondary N) is 2. The Morgan fingerprint density at radius 2 is 2.09 bits per heavy atom. The fourth-order valence-electron chi connectivity index (χ4n) is 4.51. The van der Waals surface area contributed by atoms with Gasteiger partial charge in [0.05, 0.1) is 19.0 Å². The SMILES string of the molecule is COc1ccc(NC(=O)CCC2CCCN(Cc3cn[nH]c3-c3ccccc3)C2)c(C)c1. The maximum Gasteiger partial charge on any atom is 0.224 e. The van der Waals surface area contributed by atoms with E-state index in [1.165, 1.54) is 24.0 Å². The standard InChI is InChI=1S/C26H32N4O2/c1-19-15-23(32-2)11-12-24(19)28-25(31)13-10-20-7-6-14-30(17-20)18-22-16-27-29-26(22)21-8-4-3-5-9-21/h3-5,8-9,11-12,15-16,20H,6-7,10,13-14,17-18H2,1-2H3,(H,27,29)(H,28,31). The van der Waals surface area contributed by atoms with Crippen LogP contribution in [0.15, 0.2) is 54.7 Å². The van der Waals surface area contributed by atoms with Crippen molar-refractivity contribution >= 4 is 11.6 Å². The van der Waals surface area contributed by atoms with Crippen molar-refractivity contribution in [2.24, 2.45) is 5.92 Å². The largest absolute Gasteiger partial charge is 0.497 e. The van der Waals surface area contributed by atoms with Gasteiger partial charge in [0.15, 0.2) is 0 Å². The first kappa shape index (κ1) is 22.1. The van der Waals surface area contributed by atoms with E-state index in [0.29, 0.717) is 12.3 Å². The van der Waals surface area contributed by atoms with Gasteiger partial charge < -0.3 is 10.1 Å². The molecule has 1 unspecified atom stereocenters. The Balaban J connectivity index is 1.29. The fourth-order valence-corrected chi connectivity index (χ4v) is 4.51. The molecular formula is C26H32N4O2. The minimum Gasteiger partial charge on any atom is -0.497 e. The van der Waals surface area contributed by atoms with Crippen LogP contribution >= 0.6 is 0 Å². The maximum absolute atomic E-state index is 12.5. The second kappa shape index (κ2) is 10.5. The van der Waals surface area contributed by atoms with Gasteiger partial charge in [-0.15, -0.1) is 0 Å². The Morgan fingerprint density at radius 3 is 2.88 bits per heavy atom. The van der Waals surface area contributed by atoms with E-state index in [4.69, 9.17) is 4.74 Å². The van der Waals surface area contributed by atoms with Crippen LogP contribution < -0.4 is 10.1 Å². The third-order valence-electron chi connectivity index (χ3n) is 6.26. The smallest absolute Gasteiger partial charge is 0.224 e. The van der Waals surface area contributed by atoms with Gasteiger partial charge in [-0.1, -0.05) is 30.3 Å². The molecule has 1 amide bonds. The molecule has 6 nitrogen and oxygen atoms in total. The van der Waals surface area contributed by atoms with E-state index in [1.54, 1.807) is 7.11 Å². The highest BCUT2D eigenvalue weighted by molar-refractivity contribution is 5.91. The highest BCUT2D eigenvalue weighted by Gasteiger charge is 2.22. The first-order valence-corrected chi connectivity index (χ1v) is 11.4. The van der Waals surface area contributed by atoms with Crippen molar-refractivity contribution in [1.29, 1.82) is 0 Å². The van der Waals surface area contributed by atoms with E-state index in [0.717, 1.165) is 48.7 Å². The molecule has 1 aromatic heterocycles. The van der Waals surface area contributed by atoms with Crippen molar-refractivity contribution in [2.75, 3.05) is 25.5 Å². The lowest BCUT2D eigenvalue weighted by molar-refractivity contribution is -0.116. The summed E-state index contributed by atoms with van der Waals surface area (Å²) in [5.41, 5.74) is 5.36. The number of carbonyl (C=O) groups is 1. The summed E-state index contributed by atoms with van der Waals surface area (Å²) >= 11 is 0. The number of benzene rings is 2. The quantitative estimate of drug-likeness (QED) is 0.524. The molecular weight excluding hydrogens is 400 g/mol. The lowest BCUT2D eigenvalue weighted by atomic mass is 9.93. The summed E-state index contributed by atoms with van der Waals surface area (Å²) < 4.78 is 5.24. The van der Waals surface area contributed by atoms with Gasteiger partial charge in [-0.2, -0.15) is 5.10 Å². The zero-order chi connectivity index (χ0) is 22.3. The van der Waals surface area contributed by atoms with Gasteiger partial charge >= 0.3 is 0 Å². The number of methoxy groups -OCH3 is 1. The van der Waals surface area contributed by atoms with Crippen molar-refractivity contribution in [3.8, 4) is 17.0 Å². The Bertz CT molecular complexity index is 1030. The maximum atomic E-state index is 12.5. The van der Waals surface area contributed by atoms with Crippen molar-refractivity contribution in [3.63, 3.8) is 0 Å². The van der Waals surface area contributed by atoms with Crippen LogP contribution in [0.1, 0.15) is 36.8 Å². The van der Waals surface area contributed by atoms with Crippen LogP contribution in [0, 0.1) is 12.8 Å². The van der Waals surface area contributed by atoms with Crippen molar-refractivity contribution in [3.05, 3.63) is 65.9 Å². The molecule has 1 fully saturated rings. The van der Waals surface area contributed by atoms with Crippen molar-refractivity contribution < 1.29 is 9.53 Å². The van der Waals surface area contributed by atoms with E-state index >= 15 is 0 Å². The molecule has 3 aromatic rings. The summed E-state index contributed by atoms with van der Waals surface area (Å²) in [6, 6.07) is 16.1. The molecule has 6 heteroatoms. The molecule has 1 aliphatic rings. The molecule has 0 bridgehead atoms. The van der Waals surface area contributed by atoms with E-state index in [-0.39, 0.29) is 5.91 Å². The van der Waals surface area contributed by atoms with Gasteiger partial charge in [0.1, 0.15) is 5.75 Å². The molecule has 1 saturated heterocycles. The molecule has 2 aromatic carbocycles. The number of amides is 1. The third-order valence-corrected chi connectivity index (χ3v) is 6.26. The number of hydrogen-bond acceptors (Lipinski definition) is 4. The van der Waals surface area contributed by atoms with Crippen LogP contribution in [0.4, 0.5) is 5.69 Å². The Labute approximate surface area is 190 Å². The molecule has 0 radical (unpaired) electrons. The number of likely N-dealkylation sites (tertiary alicyclic amines) is 1. The van der Waals surface area contributed by atoms with Crippen LogP contribution in [0.5, 0.6) is 5.75 Å². The topological polar surface area (TPSA) is 70.2 Å². The van der Waals surface area contributed by atoms with Gasteiger partial charge in [-0.25, -0.2) is 0 Å². The summed E-state index contributed by atoms with van der Waals surface area (Å²) in [6.45, 7) is 4.98. The first-order valence-electron chi connectivity index (χ1n) is 11.4. The molecule has 1 aliphatic heterocycles. The van der Waals surface area contributed by atoms with Crippen LogP contribution in [0.2, 0.25) is 0 Å². The summed E-state index contributed by atoms with van der Waals surface area (Å²) in [5, 5.41) is 10.5. The average Bonchev–Trinajstić information content (AvgIpc) is 3.28.